The highest BCUT2D eigenvalue weighted by Crippen LogP contribution is 2.33. The van der Waals surface area contributed by atoms with Crippen LogP contribution >= 0.6 is 11.8 Å². The van der Waals surface area contributed by atoms with Crippen molar-refractivity contribution in [1.29, 1.82) is 0 Å². The minimum absolute atomic E-state index is 0.00591. The molecule has 0 N–H and O–H groups in total. The van der Waals surface area contributed by atoms with Gasteiger partial charge >= 0.3 is 5.97 Å². The lowest BCUT2D eigenvalue weighted by molar-refractivity contribution is -0.146. The van der Waals surface area contributed by atoms with Crippen molar-refractivity contribution in [3.05, 3.63) is 59.7 Å². The molecule has 0 aromatic heterocycles. The van der Waals surface area contributed by atoms with Crippen molar-refractivity contribution in [1.82, 2.24) is 0 Å². The Hall–Kier alpha value is -1.81. The van der Waals surface area contributed by atoms with E-state index < -0.39 is 4.75 Å². The fourth-order valence-corrected chi connectivity index (χ4v) is 3.66. The van der Waals surface area contributed by atoms with Crippen LogP contribution in [-0.2, 0) is 20.9 Å². The van der Waals surface area contributed by atoms with Crippen molar-refractivity contribution in [3.63, 3.8) is 0 Å². The summed E-state index contributed by atoms with van der Waals surface area (Å²) in [5.74, 6) is -0.367. The number of carbonyl (C=O) groups excluding carboxylic acids is 2. The Morgan fingerprint density at radius 1 is 1.24 bits per heavy atom. The SMILES string of the molecule is CCC(=O)S[C@@](C)(/C=C1/C=CCCCC1)C(=O)OCc1ccccc1. The van der Waals surface area contributed by atoms with Crippen molar-refractivity contribution in [2.24, 2.45) is 0 Å². The zero-order valence-electron chi connectivity index (χ0n) is 15.0. The summed E-state index contributed by atoms with van der Waals surface area (Å²) in [6.45, 7) is 3.81. The molecule has 0 aliphatic heterocycles. The highest BCUT2D eigenvalue weighted by atomic mass is 32.2. The van der Waals surface area contributed by atoms with Gasteiger partial charge in [0.25, 0.3) is 0 Å². The van der Waals surface area contributed by atoms with E-state index in [9.17, 15) is 9.59 Å². The molecule has 2 rings (SSSR count). The normalized spacial score (nSPS) is 18.4. The minimum atomic E-state index is -0.994. The Labute approximate surface area is 154 Å². The molecule has 0 bridgehead atoms. The molecule has 0 heterocycles. The van der Waals surface area contributed by atoms with Crippen molar-refractivity contribution < 1.29 is 14.3 Å². The molecule has 1 aliphatic rings. The number of rotatable bonds is 6. The number of thioether (sulfide) groups is 1. The van der Waals surface area contributed by atoms with Crippen LogP contribution in [0.2, 0.25) is 0 Å². The highest BCUT2D eigenvalue weighted by molar-refractivity contribution is 8.15. The second-order valence-electron chi connectivity index (χ2n) is 6.36. The second kappa shape index (κ2) is 9.62. The fourth-order valence-electron chi connectivity index (χ4n) is 2.69. The largest absolute Gasteiger partial charge is 0.460 e. The molecule has 1 aliphatic carbocycles. The van der Waals surface area contributed by atoms with Gasteiger partial charge in [0, 0.05) is 6.42 Å². The topological polar surface area (TPSA) is 43.4 Å². The van der Waals surface area contributed by atoms with Gasteiger partial charge in [-0.25, -0.2) is 0 Å². The molecule has 134 valence electrons. The molecule has 0 saturated carbocycles. The quantitative estimate of drug-likeness (QED) is 0.654. The average Bonchev–Trinajstić information content (AvgIpc) is 2.88. The van der Waals surface area contributed by atoms with Gasteiger partial charge in [-0.1, -0.05) is 72.8 Å². The first-order valence-electron chi connectivity index (χ1n) is 8.85. The predicted molar refractivity (Wildman–Crippen MR) is 103 cm³/mol. The summed E-state index contributed by atoms with van der Waals surface area (Å²) in [4.78, 5) is 24.8. The van der Waals surface area contributed by atoms with Crippen LogP contribution in [0.1, 0.15) is 51.5 Å². The van der Waals surface area contributed by atoms with Gasteiger partial charge < -0.3 is 4.74 Å². The number of esters is 1. The van der Waals surface area contributed by atoms with Crippen LogP contribution in [0.5, 0.6) is 0 Å². The van der Waals surface area contributed by atoms with Crippen LogP contribution in [0.3, 0.4) is 0 Å². The summed E-state index contributed by atoms with van der Waals surface area (Å²) in [7, 11) is 0. The van der Waals surface area contributed by atoms with Crippen LogP contribution in [0.25, 0.3) is 0 Å². The van der Waals surface area contributed by atoms with Gasteiger partial charge in [-0.05, 0) is 38.2 Å². The molecule has 0 saturated heterocycles. The molecule has 0 amide bonds. The summed E-state index contributed by atoms with van der Waals surface area (Å²) < 4.78 is 4.54. The van der Waals surface area contributed by atoms with Gasteiger partial charge in [0.05, 0.1) is 0 Å². The zero-order valence-corrected chi connectivity index (χ0v) is 15.8. The van der Waals surface area contributed by atoms with Gasteiger partial charge in [0.2, 0.25) is 0 Å². The van der Waals surface area contributed by atoms with Crippen LogP contribution in [0.4, 0.5) is 0 Å². The molecule has 1 atom stereocenters. The lowest BCUT2D eigenvalue weighted by Crippen LogP contribution is -2.33. The molecule has 0 unspecified atom stereocenters. The number of carbonyl (C=O) groups is 2. The van der Waals surface area contributed by atoms with Crippen molar-refractivity contribution in [3.8, 4) is 0 Å². The highest BCUT2D eigenvalue weighted by Gasteiger charge is 2.36. The van der Waals surface area contributed by atoms with Gasteiger partial charge in [0.15, 0.2) is 5.12 Å². The smallest absolute Gasteiger partial charge is 0.326 e. The Kier molecular flexibility index (Phi) is 7.51. The third-order valence-electron chi connectivity index (χ3n) is 4.11. The van der Waals surface area contributed by atoms with E-state index in [0.29, 0.717) is 6.42 Å². The standard InChI is InChI=1S/C21H26O3S/c1-3-19(22)25-21(2,15-17-11-7-4-5-8-12-17)20(23)24-16-18-13-9-6-10-14-18/h6-7,9-11,13-15H,3-5,8,12,16H2,1-2H3/b17-15-/t21-/m0/s1. The molecule has 0 radical (unpaired) electrons. The lowest BCUT2D eigenvalue weighted by Gasteiger charge is -2.23. The van der Waals surface area contributed by atoms with Gasteiger partial charge in [-0.2, -0.15) is 0 Å². The van der Waals surface area contributed by atoms with Crippen LogP contribution < -0.4 is 0 Å². The van der Waals surface area contributed by atoms with Gasteiger partial charge in [0.1, 0.15) is 11.4 Å². The van der Waals surface area contributed by atoms with E-state index in [1.807, 2.05) is 43.3 Å². The van der Waals surface area contributed by atoms with E-state index in [-0.39, 0.29) is 17.7 Å². The molecule has 1 aromatic carbocycles. The van der Waals surface area contributed by atoms with Crippen molar-refractivity contribution >= 4 is 22.8 Å². The number of benzene rings is 1. The van der Waals surface area contributed by atoms with E-state index in [0.717, 1.165) is 48.6 Å². The number of allylic oxidation sites excluding steroid dienone is 3. The maximum Gasteiger partial charge on any atom is 0.326 e. The van der Waals surface area contributed by atoms with Crippen molar-refractivity contribution in [2.75, 3.05) is 0 Å². The summed E-state index contributed by atoms with van der Waals surface area (Å²) in [6, 6.07) is 9.59. The number of ether oxygens (including phenoxy) is 1. The molecule has 3 nitrogen and oxygen atoms in total. The van der Waals surface area contributed by atoms with E-state index in [4.69, 9.17) is 4.74 Å². The predicted octanol–water partition coefficient (Wildman–Crippen LogP) is 5.21. The first-order valence-corrected chi connectivity index (χ1v) is 9.66. The molecule has 0 spiro atoms. The monoisotopic (exact) mass is 358 g/mol. The Bertz CT molecular complexity index is 648. The van der Waals surface area contributed by atoms with Crippen LogP contribution in [0.15, 0.2) is 54.1 Å². The molecular formula is C21H26O3S. The first-order chi connectivity index (χ1) is 12.0. The van der Waals surface area contributed by atoms with E-state index in [2.05, 4.69) is 12.2 Å². The summed E-state index contributed by atoms with van der Waals surface area (Å²) in [5, 5.41) is -0.00591. The van der Waals surface area contributed by atoms with E-state index in [1.165, 1.54) is 0 Å². The van der Waals surface area contributed by atoms with Crippen molar-refractivity contribution in [2.45, 2.75) is 57.3 Å². The van der Waals surface area contributed by atoms with E-state index >= 15 is 0 Å². The fraction of sp³-hybridized carbons (Fsp3) is 0.429. The average molecular weight is 359 g/mol. The third kappa shape index (κ3) is 6.20. The number of hydrogen-bond acceptors (Lipinski definition) is 4. The van der Waals surface area contributed by atoms with Gasteiger partial charge in [-0.15, -0.1) is 0 Å². The summed E-state index contributed by atoms with van der Waals surface area (Å²) >= 11 is 1.07. The van der Waals surface area contributed by atoms with E-state index in [1.54, 1.807) is 6.92 Å². The summed E-state index contributed by atoms with van der Waals surface area (Å²) in [5.41, 5.74) is 2.04. The maximum absolute atomic E-state index is 12.8. The first kappa shape index (κ1) is 19.5. The minimum Gasteiger partial charge on any atom is -0.460 e. The molecular weight excluding hydrogens is 332 g/mol. The number of hydrogen-bond donors (Lipinski definition) is 0. The van der Waals surface area contributed by atoms with Gasteiger partial charge in [-0.3, -0.25) is 9.59 Å². The second-order valence-corrected chi connectivity index (χ2v) is 7.87. The molecule has 25 heavy (non-hydrogen) atoms. The Morgan fingerprint density at radius 3 is 2.72 bits per heavy atom. The Morgan fingerprint density at radius 2 is 2.00 bits per heavy atom. The van der Waals surface area contributed by atoms with Crippen LogP contribution in [0, 0.1) is 0 Å². The lowest BCUT2D eigenvalue weighted by atomic mass is 10.0. The zero-order chi connectivity index (χ0) is 18.1. The molecule has 4 heteroatoms. The Balaban J connectivity index is 2.16. The van der Waals surface area contributed by atoms with Crippen LogP contribution in [-0.4, -0.2) is 15.8 Å². The molecule has 1 aromatic rings. The third-order valence-corrected chi connectivity index (χ3v) is 5.34. The maximum atomic E-state index is 12.8. The summed E-state index contributed by atoms with van der Waals surface area (Å²) in [6.07, 6.45) is 10.8. The molecule has 0 fully saturated rings.